The normalized spacial score (nSPS) is 20.5. The molecule has 1 aliphatic carbocycles. The topological polar surface area (TPSA) is 49.1 Å². The Morgan fingerprint density at radius 1 is 1.19 bits per heavy atom. The average molecular weight is 489 g/mol. The third-order valence-electron chi connectivity index (χ3n) is 5.30. The number of fused-ring (bicyclic) bond motifs is 6. The van der Waals surface area contributed by atoms with E-state index in [2.05, 4.69) is 90.0 Å². The molecule has 0 fully saturated rings. The Balaban J connectivity index is 1.76. The number of benzene rings is 2. The van der Waals surface area contributed by atoms with Gasteiger partial charge in [0.05, 0.1) is 17.2 Å². The van der Waals surface area contributed by atoms with E-state index < -0.39 is 0 Å². The molecule has 1 aromatic heterocycles. The second-order valence-electron chi connectivity index (χ2n) is 6.97. The predicted molar refractivity (Wildman–Crippen MR) is 119 cm³/mol. The predicted octanol–water partition coefficient (Wildman–Crippen LogP) is 5.41. The monoisotopic (exact) mass is 487 g/mol. The Kier molecular flexibility index (Phi) is 4.30. The number of H-pyrrole nitrogens is 1. The quantitative estimate of drug-likeness (QED) is 0.430. The van der Waals surface area contributed by atoms with Gasteiger partial charge in [-0.15, -0.1) is 0 Å². The molecule has 0 spiro atoms. The zero-order valence-corrected chi connectivity index (χ0v) is 17.9. The van der Waals surface area contributed by atoms with Crippen LogP contribution in [0.4, 0.5) is 5.69 Å². The van der Waals surface area contributed by atoms with Crippen molar-refractivity contribution in [3.05, 3.63) is 57.0 Å². The van der Waals surface area contributed by atoms with Gasteiger partial charge >= 0.3 is 0 Å². The summed E-state index contributed by atoms with van der Waals surface area (Å²) in [4.78, 5) is 3.57. The Labute approximate surface area is 174 Å². The van der Waals surface area contributed by atoms with E-state index in [1.807, 2.05) is 7.05 Å². The number of aromatic nitrogens is 1. The summed E-state index contributed by atoms with van der Waals surface area (Å²) in [5.74, 6) is 1.21. The second kappa shape index (κ2) is 6.69. The van der Waals surface area contributed by atoms with E-state index in [4.69, 9.17) is 4.74 Å². The van der Waals surface area contributed by atoms with Crippen LogP contribution < -0.4 is 15.4 Å². The molecule has 0 radical (unpaired) electrons. The first-order chi connectivity index (χ1) is 13.2. The molecule has 0 bridgehead atoms. The van der Waals surface area contributed by atoms with Crippen molar-refractivity contribution in [1.82, 2.24) is 10.3 Å². The zero-order chi connectivity index (χ0) is 18.5. The highest BCUT2D eigenvalue weighted by Crippen LogP contribution is 2.49. The molecule has 2 atom stereocenters. The molecular weight excluding hydrogens is 470 g/mol. The van der Waals surface area contributed by atoms with Crippen LogP contribution in [0.2, 0.25) is 0 Å². The van der Waals surface area contributed by atoms with Crippen LogP contribution >= 0.6 is 31.9 Å². The van der Waals surface area contributed by atoms with Gasteiger partial charge in [-0.2, -0.15) is 0 Å². The maximum absolute atomic E-state index is 6.27. The summed E-state index contributed by atoms with van der Waals surface area (Å²) in [5.41, 5.74) is 4.56. The summed E-state index contributed by atoms with van der Waals surface area (Å²) in [5, 5.41) is 9.24. The number of nitrogens with one attached hydrogen (secondary N) is 3. The molecule has 0 saturated heterocycles. The zero-order valence-electron chi connectivity index (χ0n) is 14.8. The van der Waals surface area contributed by atoms with Crippen LogP contribution in [0.15, 0.2) is 51.4 Å². The van der Waals surface area contributed by atoms with Gasteiger partial charge < -0.3 is 20.4 Å². The molecule has 2 aliphatic rings. The summed E-state index contributed by atoms with van der Waals surface area (Å²) < 4.78 is 8.47. The standard InChI is InChI=1S/C21H19Br2N3O/c1-24-6-7-27-21-19-15(13-8-11(22)2-4-17(13)25-19)10-16-14-9-12(23)3-5-18(14)26-20(16)21/h2-5,8-10,13,17,24-26H,6-7H2,1H3. The number of anilines is 1. The van der Waals surface area contributed by atoms with E-state index >= 15 is 0 Å². The van der Waals surface area contributed by atoms with Crippen molar-refractivity contribution in [2.24, 2.45) is 0 Å². The van der Waals surface area contributed by atoms with Gasteiger partial charge in [-0.3, -0.25) is 0 Å². The molecular formula is C21H19Br2N3O. The highest BCUT2D eigenvalue weighted by Gasteiger charge is 2.34. The van der Waals surface area contributed by atoms with Crippen molar-refractivity contribution >= 4 is 59.4 Å². The molecule has 6 heteroatoms. The van der Waals surface area contributed by atoms with Crippen molar-refractivity contribution < 1.29 is 4.74 Å². The fourth-order valence-electron chi connectivity index (χ4n) is 4.04. The van der Waals surface area contributed by atoms with Crippen molar-refractivity contribution in [3.63, 3.8) is 0 Å². The highest BCUT2D eigenvalue weighted by molar-refractivity contribution is 9.12. The molecule has 2 aromatic carbocycles. The van der Waals surface area contributed by atoms with E-state index in [1.54, 1.807) is 0 Å². The fraction of sp³-hybridized carbons (Fsp3) is 0.238. The van der Waals surface area contributed by atoms with Crippen LogP contribution in [-0.2, 0) is 0 Å². The first-order valence-corrected chi connectivity index (χ1v) is 10.6. The van der Waals surface area contributed by atoms with Crippen molar-refractivity contribution in [1.29, 1.82) is 0 Å². The summed E-state index contributed by atoms with van der Waals surface area (Å²) in [7, 11) is 1.94. The van der Waals surface area contributed by atoms with Gasteiger partial charge in [-0.25, -0.2) is 0 Å². The van der Waals surface area contributed by atoms with Gasteiger partial charge in [0, 0.05) is 37.7 Å². The van der Waals surface area contributed by atoms with Gasteiger partial charge in [0.25, 0.3) is 0 Å². The number of ether oxygens (including phenoxy) is 1. The number of likely N-dealkylation sites (N-methyl/N-ethyl adjacent to an activating group) is 1. The molecule has 27 heavy (non-hydrogen) atoms. The van der Waals surface area contributed by atoms with Gasteiger partial charge in [0.15, 0.2) is 5.75 Å². The summed E-state index contributed by atoms with van der Waals surface area (Å²) in [6, 6.07) is 8.92. The van der Waals surface area contributed by atoms with Crippen LogP contribution in [-0.4, -0.2) is 31.2 Å². The molecule has 5 rings (SSSR count). The molecule has 3 aromatic rings. The molecule has 1 aliphatic heterocycles. The minimum atomic E-state index is 0.262. The molecule has 2 unspecified atom stereocenters. The lowest BCUT2D eigenvalue weighted by molar-refractivity contribution is 0.323. The number of halogens is 2. The van der Waals surface area contributed by atoms with E-state index in [-0.39, 0.29) is 6.04 Å². The lowest BCUT2D eigenvalue weighted by Gasteiger charge is -2.17. The first-order valence-electron chi connectivity index (χ1n) is 9.03. The van der Waals surface area contributed by atoms with Crippen LogP contribution in [0, 0.1) is 0 Å². The van der Waals surface area contributed by atoms with E-state index in [9.17, 15) is 0 Å². The largest absolute Gasteiger partial charge is 0.488 e. The third-order valence-corrected chi connectivity index (χ3v) is 6.32. The first kappa shape index (κ1) is 17.3. The number of rotatable bonds is 4. The van der Waals surface area contributed by atoms with Gasteiger partial charge in [-0.1, -0.05) is 50.1 Å². The summed E-state index contributed by atoms with van der Waals surface area (Å²) in [6.07, 6.45) is 6.60. The van der Waals surface area contributed by atoms with Crippen LogP contribution in [0.3, 0.4) is 0 Å². The van der Waals surface area contributed by atoms with E-state index in [0.29, 0.717) is 12.5 Å². The molecule has 138 valence electrons. The third kappa shape index (κ3) is 2.82. The Morgan fingerprint density at radius 2 is 2.07 bits per heavy atom. The van der Waals surface area contributed by atoms with Gasteiger partial charge in [0.2, 0.25) is 0 Å². The summed E-state index contributed by atoms with van der Waals surface area (Å²) in [6.45, 7) is 1.42. The number of hydrogen-bond acceptors (Lipinski definition) is 3. The maximum Gasteiger partial charge on any atom is 0.166 e. The SMILES string of the molecule is CNCCOc1c2c(cc3c1[nH]c1ccc(Br)cc13)C1C=C(Br)C=CC1N2. The van der Waals surface area contributed by atoms with Gasteiger partial charge in [-0.05, 0) is 36.9 Å². The van der Waals surface area contributed by atoms with Crippen molar-refractivity contribution in [2.75, 3.05) is 25.5 Å². The Hall–Kier alpha value is -1.76. The van der Waals surface area contributed by atoms with Crippen LogP contribution in [0.25, 0.3) is 21.8 Å². The Bertz CT molecular complexity index is 1120. The number of allylic oxidation sites excluding steroid dienone is 2. The molecule has 3 N–H and O–H groups in total. The second-order valence-corrected chi connectivity index (χ2v) is 8.80. The average Bonchev–Trinajstić information content (AvgIpc) is 3.19. The lowest BCUT2D eigenvalue weighted by Crippen LogP contribution is -2.19. The minimum Gasteiger partial charge on any atom is -0.488 e. The molecule has 0 amide bonds. The maximum atomic E-state index is 6.27. The number of hydrogen-bond donors (Lipinski definition) is 3. The van der Waals surface area contributed by atoms with E-state index in [1.165, 1.54) is 16.3 Å². The van der Waals surface area contributed by atoms with Crippen molar-refractivity contribution in [3.8, 4) is 5.75 Å². The molecule has 4 nitrogen and oxygen atoms in total. The summed E-state index contributed by atoms with van der Waals surface area (Å²) >= 11 is 7.24. The van der Waals surface area contributed by atoms with E-state index in [0.717, 1.165) is 38.0 Å². The minimum absolute atomic E-state index is 0.262. The molecule has 0 saturated carbocycles. The van der Waals surface area contributed by atoms with Crippen LogP contribution in [0.5, 0.6) is 5.75 Å². The molecule has 2 heterocycles. The van der Waals surface area contributed by atoms with Gasteiger partial charge in [0.1, 0.15) is 6.61 Å². The van der Waals surface area contributed by atoms with Crippen molar-refractivity contribution in [2.45, 2.75) is 12.0 Å². The highest BCUT2D eigenvalue weighted by atomic mass is 79.9. The fourth-order valence-corrected chi connectivity index (χ4v) is 4.84. The lowest BCUT2D eigenvalue weighted by atomic mass is 9.90. The van der Waals surface area contributed by atoms with Crippen LogP contribution in [0.1, 0.15) is 11.5 Å². The number of aromatic amines is 1. The Morgan fingerprint density at radius 3 is 2.93 bits per heavy atom. The smallest absolute Gasteiger partial charge is 0.166 e.